The lowest BCUT2D eigenvalue weighted by molar-refractivity contribution is 0.111. The Hall–Kier alpha value is -0.970. The van der Waals surface area contributed by atoms with Crippen LogP contribution in [-0.2, 0) is 13.0 Å². The lowest BCUT2D eigenvalue weighted by Crippen LogP contribution is -2.39. The number of nitrogens with zero attached hydrogens (tertiary/aromatic N) is 2. The van der Waals surface area contributed by atoms with Crippen LogP contribution in [0.2, 0.25) is 0 Å². The van der Waals surface area contributed by atoms with Gasteiger partial charge in [-0.25, -0.2) is 0 Å². The Morgan fingerprint density at radius 3 is 3.27 bits per heavy atom. The molecular formula is C11H17N3O. The van der Waals surface area contributed by atoms with Crippen LogP contribution in [0.15, 0.2) is 18.3 Å². The highest BCUT2D eigenvalue weighted by atomic mass is 16.3. The summed E-state index contributed by atoms with van der Waals surface area (Å²) in [6.45, 7) is 2.82. The molecule has 2 rings (SSSR count). The van der Waals surface area contributed by atoms with E-state index in [0.29, 0.717) is 13.1 Å². The minimum atomic E-state index is -0.414. The molecule has 0 fully saturated rings. The number of pyridine rings is 1. The van der Waals surface area contributed by atoms with Crippen molar-refractivity contribution in [1.29, 1.82) is 0 Å². The van der Waals surface area contributed by atoms with Crippen LogP contribution < -0.4 is 5.73 Å². The van der Waals surface area contributed by atoms with Crippen LogP contribution in [-0.4, -0.2) is 40.7 Å². The van der Waals surface area contributed by atoms with Crippen molar-refractivity contribution < 1.29 is 5.11 Å². The number of aliphatic hydroxyl groups is 1. The first kappa shape index (κ1) is 10.5. The second-order valence-corrected chi connectivity index (χ2v) is 3.98. The molecule has 0 aliphatic carbocycles. The Balaban J connectivity index is 1.99. The SMILES string of the molecule is NC[C@H](O)CN1CCc2ncccc2C1. The highest BCUT2D eigenvalue weighted by Gasteiger charge is 2.18. The molecule has 4 heteroatoms. The first-order chi connectivity index (χ1) is 7.29. The summed E-state index contributed by atoms with van der Waals surface area (Å²) in [6.07, 6.45) is 2.39. The molecule has 1 aliphatic heterocycles. The molecule has 1 aromatic rings. The number of aromatic nitrogens is 1. The predicted octanol–water partition coefficient (Wildman–Crippen LogP) is -0.241. The van der Waals surface area contributed by atoms with Crippen molar-refractivity contribution in [3.05, 3.63) is 29.6 Å². The normalized spacial score (nSPS) is 18.5. The standard InChI is InChI=1S/C11H17N3O/c12-6-10(15)8-14-5-3-11-9(7-14)2-1-4-13-11/h1-2,4,10,15H,3,5-8,12H2/t10-/m0/s1. The van der Waals surface area contributed by atoms with Crippen LogP contribution in [0.25, 0.3) is 0 Å². The van der Waals surface area contributed by atoms with E-state index < -0.39 is 6.10 Å². The highest BCUT2D eigenvalue weighted by Crippen LogP contribution is 2.16. The lowest BCUT2D eigenvalue weighted by atomic mass is 10.1. The molecule has 0 unspecified atom stereocenters. The molecule has 0 spiro atoms. The Labute approximate surface area is 89.7 Å². The van der Waals surface area contributed by atoms with Crippen LogP contribution in [0, 0.1) is 0 Å². The van der Waals surface area contributed by atoms with Crippen molar-refractivity contribution in [2.75, 3.05) is 19.6 Å². The topological polar surface area (TPSA) is 62.4 Å². The number of hydrogen-bond acceptors (Lipinski definition) is 4. The number of hydrogen-bond donors (Lipinski definition) is 2. The summed E-state index contributed by atoms with van der Waals surface area (Å²) in [6, 6.07) is 4.06. The average molecular weight is 207 g/mol. The number of fused-ring (bicyclic) bond motifs is 1. The molecule has 1 aliphatic rings. The number of β-amino-alcohol motifs (C(OH)–C–C–N with tert-alkyl or cyclic N) is 1. The summed E-state index contributed by atoms with van der Waals surface area (Å²) < 4.78 is 0. The third-order valence-corrected chi connectivity index (χ3v) is 2.78. The molecule has 0 saturated heterocycles. The fourth-order valence-corrected chi connectivity index (χ4v) is 1.95. The van der Waals surface area contributed by atoms with E-state index in [-0.39, 0.29) is 0 Å². The average Bonchev–Trinajstić information content (AvgIpc) is 2.29. The Kier molecular flexibility index (Phi) is 3.30. The van der Waals surface area contributed by atoms with E-state index in [1.165, 1.54) is 11.3 Å². The zero-order valence-corrected chi connectivity index (χ0v) is 8.76. The van der Waals surface area contributed by atoms with Crippen LogP contribution in [0.3, 0.4) is 0 Å². The van der Waals surface area contributed by atoms with Gasteiger partial charge in [-0.3, -0.25) is 9.88 Å². The molecule has 0 aromatic carbocycles. The Morgan fingerprint density at radius 1 is 1.60 bits per heavy atom. The first-order valence-electron chi connectivity index (χ1n) is 5.33. The first-order valence-corrected chi connectivity index (χ1v) is 5.33. The van der Waals surface area contributed by atoms with E-state index in [2.05, 4.69) is 16.0 Å². The molecule has 2 heterocycles. The summed E-state index contributed by atoms with van der Waals surface area (Å²) in [7, 11) is 0. The quantitative estimate of drug-likeness (QED) is 0.718. The minimum absolute atomic E-state index is 0.330. The maximum absolute atomic E-state index is 9.48. The summed E-state index contributed by atoms with van der Waals surface area (Å²) in [5, 5.41) is 9.48. The third-order valence-electron chi connectivity index (χ3n) is 2.78. The van der Waals surface area contributed by atoms with Gasteiger partial charge < -0.3 is 10.8 Å². The zero-order chi connectivity index (χ0) is 10.7. The maximum Gasteiger partial charge on any atom is 0.0789 e. The van der Waals surface area contributed by atoms with E-state index in [9.17, 15) is 5.11 Å². The van der Waals surface area contributed by atoms with Crippen molar-refractivity contribution in [2.45, 2.75) is 19.1 Å². The van der Waals surface area contributed by atoms with E-state index in [0.717, 1.165) is 19.5 Å². The van der Waals surface area contributed by atoms with Gasteiger partial charge in [0.15, 0.2) is 0 Å². The maximum atomic E-state index is 9.48. The van der Waals surface area contributed by atoms with Crippen molar-refractivity contribution in [3.8, 4) is 0 Å². The zero-order valence-electron chi connectivity index (χ0n) is 8.76. The Bertz CT molecular complexity index is 329. The van der Waals surface area contributed by atoms with Crippen molar-refractivity contribution in [2.24, 2.45) is 5.73 Å². The molecule has 4 nitrogen and oxygen atoms in total. The fraction of sp³-hybridized carbons (Fsp3) is 0.545. The molecule has 0 saturated carbocycles. The van der Waals surface area contributed by atoms with Gasteiger partial charge in [0.2, 0.25) is 0 Å². The van der Waals surface area contributed by atoms with Gasteiger partial charge in [0.05, 0.1) is 6.10 Å². The van der Waals surface area contributed by atoms with E-state index in [1.807, 2.05) is 12.3 Å². The molecule has 3 N–H and O–H groups in total. The summed E-state index contributed by atoms with van der Waals surface area (Å²) in [5.41, 5.74) is 7.86. The fourth-order valence-electron chi connectivity index (χ4n) is 1.95. The van der Waals surface area contributed by atoms with Gasteiger partial charge in [-0.1, -0.05) is 6.07 Å². The van der Waals surface area contributed by atoms with Crippen molar-refractivity contribution in [3.63, 3.8) is 0 Å². The van der Waals surface area contributed by atoms with Gasteiger partial charge in [-0.05, 0) is 11.6 Å². The molecule has 0 bridgehead atoms. The van der Waals surface area contributed by atoms with Crippen molar-refractivity contribution in [1.82, 2.24) is 9.88 Å². The monoisotopic (exact) mass is 207 g/mol. The van der Waals surface area contributed by atoms with Crippen LogP contribution in [0.5, 0.6) is 0 Å². The van der Waals surface area contributed by atoms with Gasteiger partial charge in [-0.2, -0.15) is 0 Å². The second kappa shape index (κ2) is 4.70. The molecule has 0 amide bonds. The molecule has 82 valence electrons. The molecule has 1 aromatic heterocycles. The van der Waals surface area contributed by atoms with Crippen molar-refractivity contribution >= 4 is 0 Å². The summed E-state index contributed by atoms with van der Waals surface area (Å²) in [4.78, 5) is 6.56. The van der Waals surface area contributed by atoms with Crippen LogP contribution in [0.4, 0.5) is 0 Å². The molecular weight excluding hydrogens is 190 g/mol. The largest absolute Gasteiger partial charge is 0.390 e. The minimum Gasteiger partial charge on any atom is -0.390 e. The number of nitrogens with two attached hydrogens (primary N) is 1. The number of aliphatic hydroxyl groups excluding tert-OH is 1. The summed E-state index contributed by atoms with van der Waals surface area (Å²) >= 11 is 0. The molecule has 0 radical (unpaired) electrons. The van der Waals surface area contributed by atoms with E-state index >= 15 is 0 Å². The lowest BCUT2D eigenvalue weighted by Gasteiger charge is -2.29. The van der Waals surface area contributed by atoms with E-state index in [1.54, 1.807) is 0 Å². The third kappa shape index (κ3) is 2.53. The van der Waals surface area contributed by atoms with Gasteiger partial charge in [0.25, 0.3) is 0 Å². The van der Waals surface area contributed by atoms with Gasteiger partial charge >= 0.3 is 0 Å². The number of rotatable bonds is 3. The second-order valence-electron chi connectivity index (χ2n) is 3.98. The highest BCUT2D eigenvalue weighted by molar-refractivity contribution is 5.22. The van der Waals surface area contributed by atoms with Gasteiger partial charge in [0, 0.05) is 44.5 Å². The predicted molar refractivity (Wildman–Crippen MR) is 58.3 cm³/mol. The molecule has 1 atom stereocenters. The van der Waals surface area contributed by atoms with Gasteiger partial charge in [-0.15, -0.1) is 0 Å². The Morgan fingerprint density at radius 2 is 2.47 bits per heavy atom. The molecule has 15 heavy (non-hydrogen) atoms. The smallest absolute Gasteiger partial charge is 0.0789 e. The van der Waals surface area contributed by atoms with Crippen LogP contribution in [0.1, 0.15) is 11.3 Å². The van der Waals surface area contributed by atoms with Crippen LogP contribution >= 0.6 is 0 Å². The van der Waals surface area contributed by atoms with E-state index in [4.69, 9.17) is 5.73 Å². The van der Waals surface area contributed by atoms with Gasteiger partial charge in [0.1, 0.15) is 0 Å². The summed E-state index contributed by atoms with van der Waals surface area (Å²) in [5.74, 6) is 0.